The summed E-state index contributed by atoms with van der Waals surface area (Å²) in [5, 5.41) is 9.08. The number of nitrogens with zero attached hydrogens (tertiary/aromatic N) is 2. The highest BCUT2D eigenvalue weighted by Gasteiger charge is 2.13. The lowest BCUT2D eigenvalue weighted by molar-refractivity contribution is 0.0930. The number of carbonyl (C=O) groups excluding carboxylic acids is 1. The number of aromatic amines is 1. The van der Waals surface area contributed by atoms with Crippen LogP contribution >= 0.6 is 0 Å². The summed E-state index contributed by atoms with van der Waals surface area (Å²) < 4.78 is 0. The molecule has 5 nitrogen and oxygen atoms in total. The number of H-pyrrole nitrogens is 1. The number of amides is 1. The van der Waals surface area contributed by atoms with E-state index in [0.717, 1.165) is 5.56 Å². The number of aromatic nitrogens is 3. The number of hydrogen-bond acceptors (Lipinski definition) is 3. The molecule has 1 heterocycles. The fourth-order valence-corrected chi connectivity index (χ4v) is 1.83. The normalized spacial score (nSPS) is 12.4. The molecule has 0 saturated heterocycles. The van der Waals surface area contributed by atoms with Crippen LogP contribution in [-0.2, 0) is 0 Å². The van der Waals surface area contributed by atoms with E-state index in [4.69, 9.17) is 0 Å². The number of benzene rings is 1. The van der Waals surface area contributed by atoms with Crippen LogP contribution in [0.4, 0.5) is 0 Å². The Balaban J connectivity index is 2.03. The first kappa shape index (κ1) is 13.3. The average molecular weight is 258 g/mol. The van der Waals surface area contributed by atoms with Crippen LogP contribution < -0.4 is 5.32 Å². The Hall–Kier alpha value is -2.17. The van der Waals surface area contributed by atoms with Crippen molar-refractivity contribution in [3.8, 4) is 0 Å². The number of hydrogen-bond donors (Lipinski definition) is 2. The van der Waals surface area contributed by atoms with Crippen molar-refractivity contribution in [2.24, 2.45) is 0 Å². The molecule has 0 aliphatic rings. The minimum Gasteiger partial charge on any atom is -0.343 e. The third-order valence-corrected chi connectivity index (χ3v) is 3.08. The molecular weight excluding hydrogens is 240 g/mol. The van der Waals surface area contributed by atoms with Gasteiger partial charge in [-0.25, -0.2) is 4.98 Å². The van der Waals surface area contributed by atoms with Crippen LogP contribution in [0.1, 0.15) is 54.5 Å². The number of carbonyl (C=O) groups is 1. The van der Waals surface area contributed by atoms with Crippen LogP contribution in [0.5, 0.6) is 0 Å². The van der Waals surface area contributed by atoms with Crippen molar-refractivity contribution in [2.75, 3.05) is 0 Å². The summed E-state index contributed by atoms with van der Waals surface area (Å²) in [6, 6.07) is 8.20. The van der Waals surface area contributed by atoms with Crippen molar-refractivity contribution in [3.05, 3.63) is 47.5 Å². The Morgan fingerprint density at radius 2 is 1.79 bits per heavy atom. The predicted octanol–water partition coefficient (Wildman–Crippen LogP) is 2.42. The van der Waals surface area contributed by atoms with Gasteiger partial charge in [-0.2, -0.15) is 5.10 Å². The molecule has 5 heteroatoms. The Bertz CT molecular complexity index is 531. The van der Waals surface area contributed by atoms with Crippen LogP contribution in [0.2, 0.25) is 0 Å². The third-order valence-electron chi connectivity index (χ3n) is 3.08. The van der Waals surface area contributed by atoms with Crippen molar-refractivity contribution in [1.29, 1.82) is 0 Å². The summed E-state index contributed by atoms with van der Waals surface area (Å²) in [7, 11) is 0. The zero-order valence-electron chi connectivity index (χ0n) is 11.3. The van der Waals surface area contributed by atoms with Gasteiger partial charge < -0.3 is 5.32 Å². The monoisotopic (exact) mass is 258 g/mol. The molecule has 2 rings (SSSR count). The molecule has 1 amide bonds. The Morgan fingerprint density at radius 3 is 2.32 bits per heavy atom. The van der Waals surface area contributed by atoms with Crippen molar-refractivity contribution >= 4 is 5.91 Å². The summed E-state index contributed by atoms with van der Waals surface area (Å²) in [5.74, 6) is 0.483. The second kappa shape index (κ2) is 5.65. The molecule has 0 fully saturated rings. The molecular formula is C14H18N4O. The van der Waals surface area contributed by atoms with Gasteiger partial charge in [-0.05, 0) is 24.0 Å². The maximum Gasteiger partial charge on any atom is 0.289 e. The first-order valence-corrected chi connectivity index (χ1v) is 6.34. The summed E-state index contributed by atoms with van der Waals surface area (Å²) >= 11 is 0. The van der Waals surface area contributed by atoms with Crippen molar-refractivity contribution in [1.82, 2.24) is 20.5 Å². The smallest absolute Gasteiger partial charge is 0.289 e. The van der Waals surface area contributed by atoms with Gasteiger partial charge in [-0.15, -0.1) is 0 Å². The topological polar surface area (TPSA) is 70.7 Å². The SMILES string of the molecule is CC(C)c1ccc(C(C)NC(=O)c2ncn[nH]2)cc1. The standard InChI is InChI=1S/C14H18N4O/c1-9(2)11-4-6-12(7-5-11)10(3)17-14(19)13-15-8-16-18-13/h4-10H,1-3H3,(H,17,19)(H,15,16,18). The van der Waals surface area contributed by atoms with Crippen molar-refractivity contribution in [3.63, 3.8) is 0 Å². The van der Waals surface area contributed by atoms with Crippen LogP contribution in [0.3, 0.4) is 0 Å². The van der Waals surface area contributed by atoms with Gasteiger partial charge >= 0.3 is 0 Å². The van der Waals surface area contributed by atoms with Gasteiger partial charge in [0.15, 0.2) is 0 Å². The molecule has 0 aliphatic carbocycles. The van der Waals surface area contributed by atoms with Crippen LogP contribution in [0.15, 0.2) is 30.6 Å². The highest BCUT2D eigenvalue weighted by molar-refractivity contribution is 5.90. The molecule has 0 bridgehead atoms. The molecule has 1 aromatic heterocycles. The molecule has 0 aliphatic heterocycles. The minimum atomic E-state index is -0.252. The van der Waals surface area contributed by atoms with E-state index in [1.807, 2.05) is 19.1 Å². The van der Waals surface area contributed by atoms with Crippen molar-refractivity contribution in [2.45, 2.75) is 32.7 Å². The highest BCUT2D eigenvalue weighted by atomic mass is 16.2. The first-order valence-electron chi connectivity index (χ1n) is 6.34. The quantitative estimate of drug-likeness (QED) is 0.884. The number of nitrogens with one attached hydrogen (secondary N) is 2. The second-order valence-electron chi connectivity index (χ2n) is 4.85. The summed E-state index contributed by atoms with van der Waals surface area (Å²) in [5.41, 5.74) is 2.36. The molecule has 1 atom stereocenters. The van der Waals surface area contributed by atoms with E-state index < -0.39 is 0 Å². The second-order valence-corrected chi connectivity index (χ2v) is 4.85. The molecule has 100 valence electrons. The van der Waals surface area contributed by atoms with E-state index in [-0.39, 0.29) is 17.8 Å². The molecule has 0 spiro atoms. The molecule has 2 N–H and O–H groups in total. The van der Waals surface area contributed by atoms with E-state index in [2.05, 4.69) is 46.5 Å². The molecule has 1 unspecified atom stereocenters. The van der Waals surface area contributed by atoms with E-state index in [0.29, 0.717) is 5.92 Å². The van der Waals surface area contributed by atoms with Crippen LogP contribution in [0, 0.1) is 0 Å². The molecule has 19 heavy (non-hydrogen) atoms. The zero-order valence-corrected chi connectivity index (χ0v) is 11.3. The van der Waals surface area contributed by atoms with Gasteiger partial charge in [-0.3, -0.25) is 9.89 Å². The first-order chi connectivity index (χ1) is 9.08. The molecule has 2 aromatic rings. The summed E-state index contributed by atoms with van der Waals surface area (Å²) in [4.78, 5) is 15.6. The minimum absolute atomic E-state index is 0.0705. The largest absolute Gasteiger partial charge is 0.343 e. The summed E-state index contributed by atoms with van der Waals surface area (Å²) in [6.07, 6.45) is 1.32. The molecule has 1 aromatic carbocycles. The number of rotatable bonds is 4. The lowest BCUT2D eigenvalue weighted by atomic mass is 9.99. The molecule has 0 radical (unpaired) electrons. The maximum absolute atomic E-state index is 11.8. The van der Waals surface area contributed by atoms with Gasteiger partial charge in [0, 0.05) is 0 Å². The Labute approximate surface area is 112 Å². The average Bonchev–Trinajstić information content (AvgIpc) is 2.92. The fraction of sp³-hybridized carbons (Fsp3) is 0.357. The third kappa shape index (κ3) is 3.19. The van der Waals surface area contributed by atoms with E-state index in [9.17, 15) is 4.79 Å². The fourth-order valence-electron chi connectivity index (χ4n) is 1.83. The van der Waals surface area contributed by atoms with Crippen LogP contribution in [0.25, 0.3) is 0 Å². The zero-order chi connectivity index (χ0) is 13.8. The van der Waals surface area contributed by atoms with E-state index in [1.54, 1.807) is 0 Å². The van der Waals surface area contributed by atoms with Gasteiger partial charge in [-0.1, -0.05) is 38.1 Å². The lowest BCUT2D eigenvalue weighted by Crippen LogP contribution is -2.27. The summed E-state index contributed by atoms with van der Waals surface area (Å²) in [6.45, 7) is 6.26. The molecule has 0 saturated carbocycles. The Kier molecular flexibility index (Phi) is 3.94. The van der Waals surface area contributed by atoms with Gasteiger partial charge in [0.05, 0.1) is 6.04 Å². The van der Waals surface area contributed by atoms with Gasteiger partial charge in [0.2, 0.25) is 5.82 Å². The van der Waals surface area contributed by atoms with E-state index >= 15 is 0 Å². The lowest BCUT2D eigenvalue weighted by Gasteiger charge is -2.14. The highest BCUT2D eigenvalue weighted by Crippen LogP contribution is 2.18. The van der Waals surface area contributed by atoms with Crippen LogP contribution in [-0.4, -0.2) is 21.1 Å². The maximum atomic E-state index is 11.8. The van der Waals surface area contributed by atoms with Crippen molar-refractivity contribution < 1.29 is 4.79 Å². The van der Waals surface area contributed by atoms with E-state index in [1.165, 1.54) is 11.9 Å². The Morgan fingerprint density at radius 1 is 1.16 bits per heavy atom. The van der Waals surface area contributed by atoms with Gasteiger partial charge in [0.25, 0.3) is 5.91 Å². The predicted molar refractivity (Wildman–Crippen MR) is 72.8 cm³/mol. The van der Waals surface area contributed by atoms with Gasteiger partial charge in [0.1, 0.15) is 6.33 Å².